The fraction of sp³-hybridized carbons (Fsp3) is 0.667. The van der Waals surface area contributed by atoms with E-state index in [0.717, 1.165) is 12.5 Å². The molecule has 1 aliphatic carbocycles. The zero-order valence-corrected chi connectivity index (χ0v) is 13.7. The molecule has 1 aromatic rings. The number of aryl methyl sites for hydroxylation is 2. The van der Waals surface area contributed by atoms with Gasteiger partial charge in [0.1, 0.15) is 0 Å². The molecule has 0 heterocycles. The van der Waals surface area contributed by atoms with Crippen molar-refractivity contribution in [3.8, 4) is 0 Å². The van der Waals surface area contributed by atoms with Gasteiger partial charge in [0.25, 0.3) is 0 Å². The Kier molecular flexibility index (Phi) is 4.43. The third kappa shape index (κ3) is 2.58. The summed E-state index contributed by atoms with van der Waals surface area (Å²) in [4.78, 5) is 2.47. The normalized spacial score (nSPS) is 30.3. The Morgan fingerprint density at radius 3 is 2.55 bits per heavy atom. The van der Waals surface area contributed by atoms with E-state index in [1.165, 1.54) is 36.1 Å². The number of likely N-dealkylation sites (N-methyl/N-ethyl adjacent to an activating group) is 1. The molecule has 20 heavy (non-hydrogen) atoms. The van der Waals surface area contributed by atoms with E-state index in [2.05, 4.69) is 57.8 Å². The highest BCUT2D eigenvalue weighted by atomic mass is 15.2. The summed E-state index contributed by atoms with van der Waals surface area (Å²) in [6.45, 7) is 9.84. The Morgan fingerprint density at radius 1 is 1.25 bits per heavy atom. The lowest BCUT2D eigenvalue weighted by Crippen LogP contribution is -2.59. The van der Waals surface area contributed by atoms with E-state index in [1.807, 2.05) is 0 Å². The quantitative estimate of drug-likeness (QED) is 0.906. The Morgan fingerprint density at radius 2 is 1.95 bits per heavy atom. The summed E-state index contributed by atoms with van der Waals surface area (Å²) in [6, 6.07) is 6.74. The maximum Gasteiger partial charge on any atom is 0.0549 e. The smallest absolute Gasteiger partial charge is 0.0549 e. The highest BCUT2D eigenvalue weighted by molar-refractivity contribution is 5.56. The highest BCUT2D eigenvalue weighted by Crippen LogP contribution is 2.42. The average molecular weight is 274 g/mol. The highest BCUT2D eigenvalue weighted by Gasteiger charge is 2.43. The van der Waals surface area contributed by atoms with Gasteiger partial charge in [0.2, 0.25) is 0 Å². The minimum Gasteiger partial charge on any atom is -0.367 e. The molecule has 3 atom stereocenters. The topological polar surface area (TPSA) is 29.3 Å². The zero-order chi connectivity index (χ0) is 14.9. The Labute approximate surface area is 124 Å². The molecule has 0 aliphatic heterocycles. The largest absolute Gasteiger partial charge is 0.367 e. The summed E-state index contributed by atoms with van der Waals surface area (Å²) in [6.07, 6.45) is 3.83. The molecule has 2 rings (SSSR count). The van der Waals surface area contributed by atoms with E-state index in [4.69, 9.17) is 5.73 Å². The van der Waals surface area contributed by atoms with Crippen molar-refractivity contribution in [1.82, 2.24) is 0 Å². The molecule has 1 saturated carbocycles. The number of rotatable bonds is 3. The summed E-state index contributed by atoms with van der Waals surface area (Å²) < 4.78 is 0. The van der Waals surface area contributed by atoms with Crippen LogP contribution < -0.4 is 10.6 Å². The van der Waals surface area contributed by atoms with Gasteiger partial charge in [-0.2, -0.15) is 0 Å². The number of nitrogens with zero attached hydrogens (tertiary/aromatic N) is 1. The van der Waals surface area contributed by atoms with Gasteiger partial charge in [-0.05, 0) is 50.2 Å². The van der Waals surface area contributed by atoms with Crippen LogP contribution in [0.15, 0.2) is 18.2 Å². The molecule has 1 aliphatic rings. The van der Waals surface area contributed by atoms with Crippen molar-refractivity contribution in [3.05, 3.63) is 29.3 Å². The Hall–Kier alpha value is -1.02. The second-order valence-electron chi connectivity index (χ2n) is 6.94. The molecule has 2 heteroatoms. The molecule has 112 valence electrons. The second kappa shape index (κ2) is 5.77. The van der Waals surface area contributed by atoms with Gasteiger partial charge in [-0.25, -0.2) is 0 Å². The van der Waals surface area contributed by atoms with Crippen molar-refractivity contribution in [1.29, 1.82) is 0 Å². The van der Waals surface area contributed by atoms with E-state index >= 15 is 0 Å². The standard InChI is InChI=1S/C18H30N2/c1-13-7-9-17(15(3)10-13)20(5)18(12-19)11-14(2)6-8-16(18)4/h7,9-10,14,16H,6,8,11-12,19H2,1-5H3. The first kappa shape index (κ1) is 15.4. The maximum atomic E-state index is 6.27. The van der Waals surface area contributed by atoms with E-state index < -0.39 is 0 Å². The molecule has 3 unspecified atom stereocenters. The lowest BCUT2D eigenvalue weighted by molar-refractivity contribution is 0.162. The van der Waals surface area contributed by atoms with Crippen LogP contribution in [0.2, 0.25) is 0 Å². The van der Waals surface area contributed by atoms with Crippen molar-refractivity contribution < 1.29 is 0 Å². The molecule has 1 aromatic carbocycles. The Bertz CT molecular complexity index is 468. The number of hydrogen-bond acceptors (Lipinski definition) is 2. The van der Waals surface area contributed by atoms with Gasteiger partial charge in [-0.1, -0.05) is 38.0 Å². The molecule has 0 spiro atoms. The van der Waals surface area contributed by atoms with Gasteiger partial charge in [-0.3, -0.25) is 0 Å². The van der Waals surface area contributed by atoms with Crippen LogP contribution in [0.25, 0.3) is 0 Å². The molecule has 0 radical (unpaired) electrons. The van der Waals surface area contributed by atoms with Gasteiger partial charge in [-0.15, -0.1) is 0 Å². The zero-order valence-electron chi connectivity index (χ0n) is 13.7. The first-order valence-corrected chi connectivity index (χ1v) is 7.92. The lowest BCUT2D eigenvalue weighted by Gasteiger charge is -2.51. The minimum atomic E-state index is 0.109. The van der Waals surface area contributed by atoms with Crippen molar-refractivity contribution in [2.75, 3.05) is 18.5 Å². The fourth-order valence-electron chi connectivity index (χ4n) is 4.02. The van der Waals surface area contributed by atoms with Crippen LogP contribution in [0.4, 0.5) is 5.69 Å². The van der Waals surface area contributed by atoms with Crippen LogP contribution in [-0.4, -0.2) is 19.1 Å². The van der Waals surface area contributed by atoms with Gasteiger partial charge < -0.3 is 10.6 Å². The molecule has 1 fully saturated rings. The van der Waals surface area contributed by atoms with Crippen LogP contribution in [0.3, 0.4) is 0 Å². The summed E-state index contributed by atoms with van der Waals surface area (Å²) in [5.41, 5.74) is 10.4. The Balaban J connectivity index is 2.39. The molecule has 0 saturated heterocycles. The van der Waals surface area contributed by atoms with Crippen LogP contribution in [0.1, 0.15) is 44.2 Å². The average Bonchev–Trinajstić information content (AvgIpc) is 2.41. The van der Waals surface area contributed by atoms with Crippen molar-refractivity contribution in [2.24, 2.45) is 17.6 Å². The molecule has 2 nitrogen and oxygen atoms in total. The van der Waals surface area contributed by atoms with Crippen LogP contribution >= 0.6 is 0 Å². The molecule has 0 aromatic heterocycles. The van der Waals surface area contributed by atoms with E-state index in [9.17, 15) is 0 Å². The van der Waals surface area contributed by atoms with Crippen molar-refractivity contribution >= 4 is 5.69 Å². The third-order valence-electron chi connectivity index (χ3n) is 5.45. The van der Waals surface area contributed by atoms with Gasteiger partial charge in [0, 0.05) is 19.3 Å². The van der Waals surface area contributed by atoms with Gasteiger partial charge in [0.05, 0.1) is 5.54 Å². The van der Waals surface area contributed by atoms with Crippen LogP contribution in [0.5, 0.6) is 0 Å². The summed E-state index contributed by atoms with van der Waals surface area (Å²) in [5.74, 6) is 1.41. The molecule has 0 amide bonds. The van der Waals surface area contributed by atoms with E-state index in [0.29, 0.717) is 5.92 Å². The molecular formula is C18H30N2. The second-order valence-corrected chi connectivity index (χ2v) is 6.94. The monoisotopic (exact) mass is 274 g/mol. The maximum absolute atomic E-state index is 6.27. The van der Waals surface area contributed by atoms with Crippen LogP contribution in [-0.2, 0) is 0 Å². The first-order valence-electron chi connectivity index (χ1n) is 7.92. The summed E-state index contributed by atoms with van der Waals surface area (Å²) in [7, 11) is 2.24. The fourth-order valence-corrected chi connectivity index (χ4v) is 4.02. The number of benzene rings is 1. The van der Waals surface area contributed by atoms with Crippen LogP contribution in [0, 0.1) is 25.7 Å². The summed E-state index contributed by atoms with van der Waals surface area (Å²) in [5, 5.41) is 0. The predicted octanol–water partition coefficient (Wildman–Crippen LogP) is 3.89. The minimum absolute atomic E-state index is 0.109. The van der Waals surface area contributed by atoms with Gasteiger partial charge in [0.15, 0.2) is 0 Å². The number of hydrogen-bond donors (Lipinski definition) is 1. The molecular weight excluding hydrogens is 244 g/mol. The summed E-state index contributed by atoms with van der Waals surface area (Å²) >= 11 is 0. The van der Waals surface area contributed by atoms with Gasteiger partial charge >= 0.3 is 0 Å². The SMILES string of the molecule is Cc1ccc(N(C)C2(CN)CC(C)CCC2C)c(C)c1. The van der Waals surface area contributed by atoms with Crippen molar-refractivity contribution in [2.45, 2.75) is 52.5 Å². The predicted molar refractivity (Wildman–Crippen MR) is 88.3 cm³/mol. The number of anilines is 1. The third-order valence-corrected chi connectivity index (χ3v) is 5.45. The molecule has 0 bridgehead atoms. The number of nitrogens with two attached hydrogens (primary N) is 1. The van der Waals surface area contributed by atoms with E-state index in [1.54, 1.807) is 0 Å². The van der Waals surface area contributed by atoms with Crippen molar-refractivity contribution in [3.63, 3.8) is 0 Å². The van der Waals surface area contributed by atoms with E-state index in [-0.39, 0.29) is 5.54 Å². The lowest BCUT2D eigenvalue weighted by atomic mass is 9.68. The first-order chi connectivity index (χ1) is 9.40. The molecule has 2 N–H and O–H groups in total.